The lowest BCUT2D eigenvalue weighted by molar-refractivity contribution is 0.315. The molecule has 19 heterocycles. The molecule has 0 radical (unpaired) electrons. The van der Waals surface area contributed by atoms with Crippen LogP contribution in [0.3, 0.4) is 0 Å². The van der Waals surface area contributed by atoms with Crippen LogP contribution in [0.25, 0.3) is 129 Å². The lowest BCUT2D eigenvalue weighted by atomic mass is 9.97. The van der Waals surface area contributed by atoms with Crippen molar-refractivity contribution in [2.24, 2.45) is 0 Å². The molecule has 4 saturated heterocycles. The van der Waals surface area contributed by atoms with E-state index in [1.807, 2.05) is 197 Å². The summed E-state index contributed by atoms with van der Waals surface area (Å²) < 4.78 is 46.5. The van der Waals surface area contributed by atoms with E-state index in [0.717, 1.165) is 177 Å². The van der Waals surface area contributed by atoms with E-state index in [2.05, 4.69) is 100 Å². The van der Waals surface area contributed by atoms with Crippen molar-refractivity contribution >= 4 is 89.7 Å². The molecular weight excluding hydrogens is 1800 g/mol. The number of likely N-dealkylation sites (N-methyl/N-ethyl adjacent to an activating group) is 1. The quantitative estimate of drug-likeness (QED) is 0.0658. The summed E-state index contributed by atoms with van der Waals surface area (Å²) in [7, 11) is 10.6. The van der Waals surface area contributed by atoms with E-state index in [9.17, 15) is 24.0 Å². The molecule has 5 aromatic carbocycles. The molecule has 13 aromatic heterocycles. The fourth-order valence-electron chi connectivity index (χ4n) is 19.2. The van der Waals surface area contributed by atoms with E-state index < -0.39 is 0 Å². The summed E-state index contributed by atoms with van der Waals surface area (Å²) in [6.45, 7) is 18.3. The zero-order chi connectivity index (χ0) is 97.9. The number of hydrogen-bond donors (Lipinski definition) is 4. The fourth-order valence-corrected chi connectivity index (χ4v) is 19.2. The fraction of sp³-hybridized carbons (Fsp3) is 0.294. The monoisotopic (exact) mass is 1910 g/mol. The highest BCUT2D eigenvalue weighted by Crippen LogP contribution is 2.38. The Balaban J connectivity index is 0.000000109. The molecule has 2 bridgehead atoms. The minimum atomic E-state index is -0.115. The van der Waals surface area contributed by atoms with Gasteiger partial charge in [-0.15, -0.1) is 0 Å². The Hall–Kier alpha value is -15.8. The number of methoxy groups -OCH3 is 4. The zero-order valence-electron chi connectivity index (χ0n) is 80.9. The van der Waals surface area contributed by atoms with Gasteiger partial charge in [0.15, 0.2) is 57.4 Å². The highest BCUT2D eigenvalue weighted by atomic mass is 16.5. The van der Waals surface area contributed by atoms with Crippen LogP contribution in [0.5, 0.6) is 23.0 Å². The number of pyridine rings is 5. The number of nitrogens with zero attached hydrogens (tertiary/aromatic N) is 17. The number of rotatable bonds is 17. The summed E-state index contributed by atoms with van der Waals surface area (Å²) in [6, 6.07) is 57.8. The Labute approximate surface area is 816 Å². The van der Waals surface area contributed by atoms with Crippen molar-refractivity contribution in [2.45, 2.75) is 96.8 Å². The SMILES string of the molecule is CCc1nc2ccc(-c3cc(=O)n4cc(N5CCNCC5)ccc4n3)cc2o1.CCc1nc2ccc(-c3cc(=O)n4cc(N5CCN[C@@H](C)C5)ccc4n3)cc2o1.COc1ccc(-c2cc(=O)n3cc(C4=CCCNC4)ccc3n2)cc1OC.COc1ccc(-c2cc(=O)n3cc(C4=C[C@H]5CC[C@@H](C4)N5)ccc3n2)cc1OC.Cc1nc2ccc(-c3cc(=O)n4cc(N5CC[C@@H](N(C)C)C5)ccc4n3)cc2o1. The van der Waals surface area contributed by atoms with Gasteiger partial charge in [-0.25, -0.2) is 39.9 Å². The minimum Gasteiger partial charge on any atom is -0.493 e. The highest BCUT2D eigenvalue weighted by Gasteiger charge is 2.30. The van der Waals surface area contributed by atoms with Gasteiger partial charge in [0.2, 0.25) is 0 Å². The molecule has 0 aliphatic carbocycles. The van der Waals surface area contributed by atoms with Gasteiger partial charge in [0.1, 0.15) is 44.8 Å². The average Bonchev–Trinajstić information content (AvgIpc) is 1.06. The van der Waals surface area contributed by atoms with E-state index in [0.29, 0.717) is 138 Å². The third-order valence-corrected chi connectivity index (χ3v) is 26.9. The molecule has 33 heteroatoms. The van der Waals surface area contributed by atoms with Gasteiger partial charge in [0.05, 0.1) is 74.0 Å². The van der Waals surface area contributed by atoms with Crippen molar-refractivity contribution in [3.63, 3.8) is 0 Å². The van der Waals surface area contributed by atoms with E-state index in [1.54, 1.807) is 80.8 Å². The standard InChI is InChI=1S/C23H23N3O3.2C22H23N5O2.C21H21N5O2.C21H21N3O3/c1-28-20-7-3-14(11-21(20)29-2)19-12-23(27)26-13-15(4-8-22(26)25-19)16-9-17-5-6-18(10-16)24-17;1-14-23-18-6-4-15(10-20(18)29-14)19-11-22(28)27-13-17(5-7-21(27)24-19)26-9-8-16(12-26)25(2)3;1-3-21-25-17-6-4-15(10-19(17)29-21)18-11-22(28)27-13-16(5-7-20(27)24-18)26-9-8-23-14(2)12-26;1-2-20-24-16-5-3-14(11-18(16)28-20)17-12-21(27)26-13-15(4-6-19(26)23-17)25-9-7-22-8-10-25;1-26-18-7-5-14(10-19(18)27-2)17-11-21(25)24-13-16(6-8-20(24)23-17)15-4-3-9-22-12-15/h3-4,7-9,11-13,17-18,24H,5-6,10H2,1-2H3;4-7,10-11,13,16H,8-9,12H2,1-3H3;4-7,10-11,13-14,23H,3,8-9,12H2,1-2H3;3-6,11-13,22H,2,7-10H2,1H3;4-8,10-11,13,22H,3,9,12H2,1-2H3/t17-,18+;16-;14-;;/m110../s1. The van der Waals surface area contributed by atoms with Crippen molar-refractivity contribution < 1.29 is 32.2 Å². The van der Waals surface area contributed by atoms with Crippen LogP contribution >= 0.6 is 0 Å². The predicted octanol–water partition coefficient (Wildman–Crippen LogP) is 14.3. The van der Waals surface area contributed by atoms with Crippen molar-refractivity contribution in [1.29, 1.82) is 0 Å². The molecule has 724 valence electrons. The van der Waals surface area contributed by atoms with Crippen LogP contribution in [-0.4, -0.2) is 205 Å². The Morgan fingerprint density at radius 3 is 1.23 bits per heavy atom. The van der Waals surface area contributed by atoms with Gasteiger partial charge in [-0.3, -0.25) is 46.0 Å². The molecule has 0 spiro atoms. The molecule has 0 unspecified atom stereocenters. The molecule has 18 aromatic rings. The second-order valence-electron chi connectivity index (χ2n) is 36.4. The molecule has 4 N–H and O–H groups in total. The Morgan fingerprint density at radius 2 is 0.803 bits per heavy atom. The molecule has 0 saturated carbocycles. The van der Waals surface area contributed by atoms with Crippen LogP contribution in [0.1, 0.15) is 81.7 Å². The summed E-state index contributed by atoms with van der Waals surface area (Å²) in [5, 5.41) is 13.7. The molecular formula is C109H111N21O12. The number of aromatic nitrogens is 13. The molecule has 0 amide bonds. The van der Waals surface area contributed by atoms with Crippen molar-refractivity contribution in [1.82, 2.24) is 88.0 Å². The number of oxazole rings is 3. The van der Waals surface area contributed by atoms with E-state index >= 15 is 0 Å². The summed E-state index contributed by atoms with van der Waals surface area (Å²) in [6.07, 6.45) is 21.0. The number of ether oxygens (including phenoxy) is 4. The van der Waals surface area contributed by atoms with Crippen molar-refractivity contribution in [2.75, 3.05) is 129 Å². The van der Waals surface area contributed by atoms with Gasteiger partial charge in [0, 0.05) is 199 Å². The number of piperazine rings is 2. The maximum atomic E-state index is 12.9. The first kappa shape index (κ1) is 93.8. The number of benzene rings is 5. The lowest BCUT2D eigenvalue weighted by Crippen LogP contribution is -2.49. The molecule has 33 nitrogen and oxygen atoms in total. The molecule has 24 rings (SSSR count). The van der Waals surface area contributed by atoms with E-state index in [1.165, 1.54) is 24.0 Å². The second-order valence-corrected chi connectivity index (χ2v) is 36.4. The molecule has 6 aliphatic rings. The molecule has 6 aliphatic heterocycles. The van der Waals surface area contributed by atoms with Gasteiger partial charge < -0.3 is 73.1 Å². The van der Waals surface area contributed by atoms with Crippen LogP contribution in [0, 0.1) is 6.92 Å². The number of nitrogens with one attached hydrogen (secondary N) is 4. The second kappa shape index (κ2) is 40.9. The van der Waals surface area contributed by atoms with Gasteiger partial charge in [-0.2, -0.15) is 0 Å². The highest BCUT2D eigenvalue weighted by molar-refractivity contribution is 5.83. The summed E-state index contributed by atoms with van der Waals surface area (Å²) in [5.41, 5.74) is 22.2. The molecule has 4 atom stereocenters. The number of fused-ring (bicyclic) bond motifs is 10. The van der Waals surface area contributed by atoms with Crippen molar-refractivity contribution in [3.8, 4) is 79.3 Å². The number of anilines is 3. The first-order chi connectivity index (χ1) is 69.1. The minimum absolute atomic E-state index is 0.0935. The first-order valence-electron chi connectivity index (χ1n) is 48.2. The topological polar surface area (TPSA) is 348 Å². The normalized spacial score (nSPS) is 16.8. The van der Waals surface area contributed by atoms with E-state index in [4.69, 9.17) is 52.1 Å². The van der Waals surface area contributed by atoms with Crippen LogP contribution < -0.4 is 82.7 Å². The smallest absolute Gasteiger partial charge is 0.258 e. The third-order valence-electron chi connectivity index (χ3n) is 26.9. The number of aryl methyl sites for hydroxylation is 3. The van der Waals surface area contributed by atoms with Gasteiger partial charge in [0.25, 0.3) is 27.8 Å². The summed E-state index contributed by atoms with van der Waals surface area (Å²) in [5.74, 6) is 4.52. The van der Waals surface area contributed by atoms with Crippen molar-refractivity contribution in [3.05, 3.63) is 306 Å². The first-order valence-corrected chi connectivity index (χ1v) is 48.2. The van der Waals surface area contributed by atoms with E-state index in [-0.39, 0.29) is 27.8 Å². The van der Waals surface area contributed by atoms with Gasteiger partial charge in [-0.05, 0) is 215 Å². The van der Waals surface area contributed by atoms with Crippen LogP contribution in [-0.2, 0) is 12.8 Å². The van der Waals surface area contributed by atoms with Gasteiger partial charge >= 0.3 is 0 Å². The van der Waals surface area contributed by atoms with Crippen LogP contribution in [0.2, 0.25) is 0 Å². The lowest BCUT2D eigenvalue weighted by Gasteiger charge is -2.33. The largest absolute Gasteiger partial charge is 0.493 e. The van der Waals surface area contributed by atoms with Crippen LogP contribution in [0.4, 0.5) is 17.1 Å². The Kier molecular flexibility index (Phi) is 27.0. The van der Waals surface area contributed by atoms with Gasteiger partial charge in [-0.1, -0.05) is 44.2 Å². The predicted molar refractivity (Wildman–Crippen MR) is 554 cm³/mol. The summed E-state index contributed by atoms with van der Waals surface area (Å²) in [4.78, 5) is 110. The Bertz CT molecular complexity index is 8230. The molecule has 4 fully saturated rings. The average molecular weight is 1910 g/mol. The zero-order valence-corrected chi connectivity index (χ0v) is 80.9. The maximum Gasteiger partial charge on any atom is 0.258 e. The third kappa shape index (κ3) is 20.1. The Morgan fingerprint density at radius 1 is 0.394 bits per heavy atom. The summed E-state index contributed by atoms with van der Waals surface area (Å²) >= 11 is 0. The van der Waals surface area contributed by atoms with Crippen LogP contribution in [0.15, 0.2) is 262 Å². The number of hydrogen-bond acceptors (Lipinski definition) is 28. The molecule has 142 heavy (non-hydrogen) atoms. The maximum absolute atomic E-state index is 12.9.